The third-order valence-corrected chi connectivity index (χ3v) is 3.71. The molecular formula is C18H19N3O5. The van der Waals surface area contributed by atoms with Crippen molar-refractivity contribution in [2.24, 2.45) is 0 Å². The normalized spacial score (nSPS) is 10.2. The second kappa shape index (κ2) is 8.61. The summed E-state index contributed by atoms with van der Waals surface area (Å²) >= 11 is 0. The molecule has 26 heavy (non-hydrogen) atoms. The molecule has 2 aromatic carbocycles. The molecule has 8 nitrogen and oxygen atoms in total. The Balaban J connectivity index is 2.28. The fourth-order valence-corrected chi connectivity index (χ4v) is 2.36. The number of carbonyl (C=O) groups is 2. The number of unbranched alkanes of at least 4 members (excludes halogenated alkanes) is 1. The largest absolute Gasteiger partial charge is 0.478 e. The number of carboxylic acids is 1. The van der Waals surface area contributed by atoms with Crippen LogP contribution in [0.25, 0.3) is 0 Å². The second-order valence-corrected chi connectivity index (χ2v) is 5.57. The van der Waals surface area contributed by atoms with E-state index >= 15 is 0 Å². The van der Waals surface area contributed by atoms with E-state index in [0.29, 0.717) is 17.8 Å². The third-order valence-electron chi connectivity index (χ3n) is 3.71. The molecule has 136 valence electrons. The number of non-ortho nitro benzene ring substituents is 1. The number of aromatic carboxylic acids is 1. The summed E-state index contributed by atoms with van der Waals surface area (Å²) in [4.78, 5) is 34.1. The summed E-state index contributed by atoms with van der Waals surface area (Å²) in [6.07, 6.45) is 1.95. The van der Waals surface area contributed by atoms with Crippen molar-refractivity contribution in [3.8, 4) is 0 Å². The predicted molar refractivity (Wildman–Crippen MR) is 97.8 cm³/mol. The highest BCUT2D eigenvalue weighted by molar-refractivity contribution is 6.10. The summed E-state index contributed by atoms with van der Waals surface area (Å²) in [5.74, 6) is -1.86. The number of nitro groups is 1. The highest BCUT2D eigenvalue weighted by Crippen LogP contribution is 2.24. The SMILES string of the molecule is CCCCNc1ccccc1C(=O)Nc1ccc([N+](=O)[O-])cc1C(=O)O. The molecule has 1 amide bonds. The van der Waals surface area contributed by atoms with Gasteiger partial charge < -0.3 is 15.7 Å². The highest BCUT2D eigenvalue weighted by atomic mass is 16.6. The van der Waals surface area contributed by atoms with Crippen molar-refractivity contribution in [2.45, 2.75) is 19.8 Å². The smallest absolute Gasteiger partial charge is 0.338 e. The van der Waals surface area contributed by atoms with Crippen LogP contribution in [0, 0.1) is 10.1 Å². The van der Waals surface area contributed by atoms with Crippen LogP contribution in [0.3, 0.4) is 0 Å². The molecule has 0 radical (unpaired) electrons. The summed E-state index contributed by atoms with van der Waals surface area (Å²) in [6.45, 7) is 2.76. The van der Waals surface area contributed by atoms with E-state index in [1.54, 1.807) is 24.3 Å². The monoisotopic (exact) mass is 357 g/mol. The van der Waals surface area contributed by atoms with Crippen molar-refractivity contribution >= 4 is 28.9 Å². The molecule has 2 aromatic rings. The van der Waals surface area contributed by atoms with Crippen molar-refractivity contribution in [2.75, 3.05) is 17.2 Å². The molecule has 0 spiro atoms. The van der Waals surface area contributed by atoms with Gasteiger partial charge in [-0.05, 0) is 24.6 Å². The van der Waals surface area contributed by atoms with Gasteiger partial charge in [0, 0.05) is 24.4 Å². The first kappa shape index (κ1) is 18.9. The van der Waals surface area contributed by atoms with Crippen LogP contribution in [0.5, 0.6) is 0 Å². The van der Waals surface area contributed by atoms with E-state index in [9.17, 15) is 24.8 Å². The lowest BCUT2D eigenvalue weighted by Gasteiger charge is -2.13. The number of amides is 1. The molecule has 0 aliphatic carbocycles. The minimum absolute atomic E-state index is 0.00328. The van der Waals surface area contributed by atoms with Gasteiger partial charge in [-0.2, -0.15) is 0 Å². The Hall–Kier alpha value is -3.42. The lowest BCUT2D eigenvalue weighted by atomic mass is 10.1. The first-order valence-corrected chi connectivity index (χ1v) is 8.10. The summed E-state index contributed by atoms with van der Waals surface area (Å²) in [5.41, 5.74) is 0.290. The van der Waals surface area contributed by atoms with E-state index in [1.807, 2.05) is 0 Å². The van der Waals surface area contributed by atoms with Crippen LogP contribution in [0.2, 0.25) is 0 Å². The second-order valence-electron chi connectivity index (χ2n) is 5.57. The fraction of sp³-hybridized carbons (Fsp3) is 0.222. The number of benzene rings is 2. The van der Waals surface area contributed by atoms with Crippen LogP contribution in [-0.2, 0) is 0 Å². The van der Waals surface area contributed by atoms with Gasteiger partial charge in [-0.3, -0.25) is 14.9 Å². The van der Waals surface area contributed by atoms with E-state index < -0.39 is 16.8 Å². The molecule has 0 aromatic heterocycles. The van der Waals surface area contributed by atoms with Crippen molar-refractivity contribution in [1.82, 2.24) is 0 Å². The number of hydrogen-bond donors (Lipinski definition) is 3. The highest BCUT2D eigenvalue weighted by Gasteiger charge is 2.19. The van der Waals surface area contributed by atoms with Gasteiger partial charge in [-0.25, -0.2) is 4.79 Å². The fourth-order valence-electron chi connectivity index (χ4n) is 2.36. The van der Waals surface area contributed by atoms with Gasteiger partial charge in [-0.15, -0.1) is 0 Å². The van der Waals surface area contributed by atoms with Gasteiger partial charge >= 0.3 is 5.97 Å². The van der Waals surface area contributed by atoms with Crippen LogP contribution in [0.1, 0.15) is 40.5 Å². The topological polar surface area (TPSA) is 122 Å². The van der Waals surface area contributed by atoms with E-state index in [2.05, 4.69) is 17.6 Å². The van der Waals surface area contributed by atoms with Crippen LogP contribution in [0.15, 0.2) is 42.5 Å². The average Bonchev–Trinajstić information content (AvgIpc) is 2.62. The zero-order valence-corrected chi connectivity index (χ0v) is 14.2. The number of carbonyl (C=O) groups excluding carboxylic acids is 1. The first-order chi connectivity index (χ1) is 12.4. The van der Waals surface area contributed by atoms with Gasteiger partial charge in [0.1, 0.15) is 0 Å². The zero-order chi connectivity index (χ0) is 19.1. The number of hydrogen-bond acceptors (Lipinski definition) is 5. The molecule has 0 saturated heterocycles. The molecule has 0 aliphatic rings. The molecule has 0 fully saturated rings. The predicted octanol–water partition coefficient (Wildman–Crippen LogP) is 3.76. The third kappa shape index (κ3) is 4.56. The van der Waals surface area contributed by atoms with Crippen LogP contribution in [-0.4, -0.2) is 28.5 Å². The Morgan fingerprint density at radius 3 is 2.50 bits per heavy atom. The van der Waals surface area contributed by atoms with E-state index in [4.69, 9.17) is 0 Å². The number of nitro benzene ring substituents is 1. The number of rotatable bonds is 8. The first-order valence-electron chi connectivity index (χ1n) is 8.10. The molecule has 0 heterocycles. The van der Waals surface area contributed by atoms with E-state index in [1.165, 1.54) is 6.07 Å². The Bertz CT molecular complexity index is 835. The van der Waals surface area contributed by atoms with Crippen molar-refractivity contribution in [3.63, 3.8) is 0 Å². The van der Waals surface area contributed by atoms with Crippen molar-refractivity contribution in [1.29, 1.82) is 0 Å². The number of nitrogens with one attached hydrogen (secondary N) is 2. The number of para-hydroxylation sites is 1. The summed E-state index contributed by atoms with van der Waals surface area (Å²) in [7, 11) is 0. The zero-order valence-electron chi connectivity index (χ0n) is 14.2. The maximum atomic E-state index is 12.6. The van der Waals surface area contributed by atoms with Gasteiger partial charge in [0.05, 0.1) is 21.7 Å². The van der Waals surface area contributed by atoms with E-state index in [-0.39, 0.29) is 16.9 Å². The molecule has 0 aliphatic heterocycles. The van der Waals surface area contributed by atoms with Crippen LogP contribution < -0.4 is 10.6 Å². The molecule has 2 rings (SSSR count). The summed E-state index contributed by atoms with van der Waals surface area (Å²) in [6, 6.07) is 10.2. The number of nitrogens with zero attached hydrogens (tertiary/aromatic N) is 1. The summed E-state index contributed by atoms with van der Waals surface area (Å²) < 4.78 is 0. The van der Waals surface area contributed by atoms with Crippen LogP contribution in [0.4, 0.5) is 17.1 Å². The lowest BCUT2D eigenvalue weighted by molar-refractivity contribution is -0.384. The van der Waals surface area contributed by atoms with Gasteiger partial charge in [0.2, 0.25) is 0 Å². The maximum absolute atomic E-state index is 12.6. The molecule has 0 saturated carbocycles. The van der Waals surface area contributed by atoms with Crippen LogP contribution >= 0.6 is 0 Å². The lowest BCUT2D eigenvalue weighted by Crippen LogP contribution is -2.17. The number of carboxylic acid groups (broad SMARTS) is 1. The van der Waals surface area contributed by atoms with E-state index in [0.717, 1.165) is 25.0 Å². The average molecular weight is 357 g/mol. The Labute approximate surface area is 150 Å². The number of anilines is 2. The Morgan fingerprint density at radius 1 is 1.12 bits per heavy atom. The van der Waals surface area contributed by atoms with Gasteiger partial charge in [0.15, 0.2) is 0 Å². The summed E-state index contributed by atoms with van der Waals surface area (Å²) in [5, 5.41) is 25.8. The molecule has 3 N–H and O–H groups in total. The molecular weight excluding hydrogens is 338 g/mol. The van der Waals surface area contributed by atoms with Crippen molar-refractivity contribution < 1.29 is 19.6 Å². The standard InChI is InChI=1S/C18H19N3O5/c1-2-3-10-19-15-7-5-4-6-13(15)17(22)20-16-9-8-12(21(25)26)11-14(16)18(23)24/h4-9,11,19H,2-3,10H2,1H3,(H,20,22)(H,23,24). The molecule has 8 heteroatoms. The minimum Gasteiger partial charge on any atom is -0.478 e. The van der Waals surface area contributed by atoms with Gasteiger partial charge in [-0.1, -0.05) is 25.5 Å². The molecule has 0 bridgehead atoms. The quantitative estimate of drug-likeness (QED) is 0.376. The maximum Gasteiger partial charge on any atom is 0.338 e. The molecule has 0 atom stereocenters. The van der Waals surface area contributed by atoms with Crippen molar-refractivity contribution in [3.05, 3.63) is 63.7 Å². The molecule has 0 unspecified atom stereocenters. The Morgan fingerprint density at radius 2 is 1.85 bits per heavy atom. The van der Waals surface area contributed by atoms with Gasteiger partial charge in [0.25, 0.3) is 11.6 Å². The minimum atomic E-state index is -1.36. The Kier molecular flexibility index (Phi) is 6.26.